The third-order valence-corrected chi connectivity index (χ3v) is 6.59. The monoisotopic (exact) mass is 516 g/mol. The Balaban J connectivity index is 1.85. The minimum atomic E-state index is -0.770. The first kappa shape index (κ1) is 21.6. The number of hydrogen-bond donors (Lipinski definition) is 0. The number of halogens is 3. The van der Waals surface area contributed by atoms with Crippen LogP contribution in [0, 0.1) is 5.82 Å². The van der Waals surface area contributed by atoms with Gasteiger partial charge in [0.2, 0.25) is 0 Å². The van der Waals surface area contributed by atoms with Gasteiger partial charge in [-0.05, 0) is 50.8 Å². The quantitative estimate of drug-likeness (QED) is 0.216. The fraction of sp³-hybridized carbons (Fsp3) is 0.0357. The maximum Gasteiger partial charge on any atom is 0.138 e. The van der Waals surface area contributed by atoms with Crippen LogP contribution in [0.5, 0.6) is 0 Å². The molecule has 0 aliphatic rings. The van der Waals surface area contributed by atoms with Crippen LogP contribution < -0.4 is 0 Å². The van der Waals surface area contributed by atoms with E-state index in [2.05, 4.69) is 52.3 Å². The van der Waals surface area contributed by atoms with Crippen LogP contribution in [-0.2, 0) is 5.54 Å². The molecule has 1 aromatic heterocycles. The summed E-state index contributed by atoms with van der Waals surface area (Å²) in [5.41, 5.74) is 3.25. The molecule has 0 aliphatic carbocycles. The smallest absolute Gasteiger partial charge is 0.138 e. The van der Waals surface area contributed by atoms with Crippen LogP contribution in [0.25, 0.3) is 11.3 Å². The number of benzene rings is 4. The van der Waals surface area contributed by atoms with E-state index in [0.717, 1.165) is 16.7 Å². The predicted octanol–water partition coefficient (Wildman–Crippen LogP) is 7.95. The molecule has 0 aliphatic heterocycles. The van der Waals surface area contributed by atoms with Gasteiger partial charge in [0, 0.05) is 16.8 Å². The van der Waals surface area contributed by atoms with E-state index in [1.54, 1.807) is 12.1 Å². The van der Waals surface area contributed by atoms with Gasteiger partial charge < -0.3 is 0 Å². The summed E-state index contributed by atoms with van der Waals surface area (Å²) in [5, 5.41) is 5.31. The van der Waals surface area contributed by atoms with E-state index in [-0.39, 0.29) is 0 Å². The maximum absolute atomic E-state index is 14.8. The van der Waals surface area contributed by atoms with Crippen molar-refractivity contribution < 1.29 is 4.39 Å². The first-order valence-corrected chi connectivity index (χ1v) is 11.7. The summed E-state index contributed by atoms with van der Waals surface area (Å²) in [6.45, 7) is 0. The molecule has 4 aromatic carbocycles. The Kier molecular flexibility index (Phi) is 5.88. The van der Waals surface area contributed by atoms with Gasteiger partial charge in [-0.1, -0.05) is 103 Å². The standard InChI is InChI=1S/C28H19BrClFN2/c29-25-19-33(32-27(25)24-17-16-23(30)18-26(24)31)28(20-10-4-1-5-11-20,21-12-6-2-7-13-21)22-14-8-3-9-15-22/h1-19H. The van der Waals surface area contributed by atoms with Gasteiger partial charge in [-0.2, -0.15) is 5.10 Å². The largest absolute Gasteiger partial charge is 0.251 e. The molecule has 162 valence electrons. The summed E-state index contributed by atoms with van der Waals surface area (Å²) >= 11 is 9.62. The van der Waals surface area contributed by atoms with Crippen molar-refractivity contribution in [3.63, 3.8) is 0 Å². The maximum atomic E-state index is 14.8. The summed E-state index contributed by atoms with van der Waals surface area (Å²) in [5.74, 6) is -0.418. The Hall–Kier alpha value is -3.21. The predicted molar refractivity (Wildman–Crippen MR) is 135 cm³/mol. The summed E-state index contributed by atoms with van der Waals surface area (Å²) in [6.07, 6.45) is 1.91. The lowest BCUT2D eigenvalue weighted by Crippen LogP contribution is -2.38. The minimum Gasteiger partial charge on any atom is -0.251 e. The van der Waals surface area contributed by atoms with Gasteiger partial charge in [0.1, 0.15) is 17.1 Å². The van der Waals surface area contributed by atoms with E-state index in [9.17, 15) is 4.39 Å². The number of aromatic nitrogens is 2. The van der Waals surface area contributed by atoms with Gasteiger partial charge in [-0.3, -0.25) is 4.68 Å². The van der Waals surface area contributed by atoms with Crippen LogP contribution >= 0.6 is 27.5 Å². The highest BCUT2D eigenvalue weighted by atomic mass is 79.9. The van der Waals surface area contributed by atoms with Crippen molar-refractivity contribution in [2.75, 3.05) is 0 Å². The van der Waals surface area contributed by atoms with Crippen LogP contribution in [0.15, 0.2) is 120 Å². The van der Waals surface area contributed by atoms with Crippen LogP contribution in [-0.4, -0.2) is 9.78 Å². The molecule has 0 spiro atoms. The van der Waals surface area contributed by atoms with Crippen LogP contribution in [0.2, 0.25) is 5.02 Å². The van der Waals surface area contributed by atoms with Gasteiger partial charge in [0.25, 0.3) is 0 Å². The number of hydrogen-bond acceptors (Lipinski definition) is 1. The van der Waals surface area contributed by atoms with Crippen molar-refractivity contribution in [1.29, 1.82) is 0 Å². The zero-order valence-electron chi connectivity index (χ0n) is 17.5. The molecular weight excluding hydrogens is 499 g/mol. The van der Waals surface area contributed by atoms with E-state index in [1.165, 1.54) is 6.07 Å². The first-order valence-electron chi connectivity index (χ1n) is 10.5. The Labute approximate surface area is 205 Å². The highest BCUT2D eigenvalue weighted by molar-refractivity contribution is 9.10. The van der Waals surface area contributed by atoms with Crippen molar-refractivity contribution in [3.05, 3.63) is 147 Å². The molecule has 0 N–H and O–H groups in total. The van der Waals surface area contributed by atoms with Gasteiger partial charge in [0.15, 0.2) is 0 Å². The Morgan fingerprint density at radius 1 is 0.727 bits per heavy atom. The average molecular weight is 518 g/mol. The Morgan fingerprint density at radius 3 is 1.67 bits per heavy atom. The van der Waals surface area contributed by atoms with E-state index < -0.39 is 11.4 Å². The van der Waals surface area contributed by atoms with E-state index in [4.69, 9.17) is 16.7 Å². The summed E-state index contributed by atoms with van der Waals surface area (Å²) in [7, 11) is 0. The zero-order chi connectivity index (χ0) is 22.8. The molecule has 0 bridgehead atoms. The van der Waals surface area contributed by atoms with Gasteiger partial charge in [-0.25, -0.2) is 4.39 Å². The van der Waals surface area contributed by atoms with Crippen molar-refractivity contribution >= 4 is 27.5 Å². The number of nitrogens with zero attached hydrogens (tertiary/aromatic N) is 2. The molecule has 0 saturated heterocycles. The lowest BCUT2D eigenvalue weighted by Gasteiger charge is -2.36. The van der Waals surface area contributed by atoms with Crippen LogP contribution in [0.3, 0.4) is 0 Å². The van der Waals surface area contributed by atoms with Gasteiger partial charge >= 0.3 is 0 Å². The molecule has 5 heteroatoms. The second kappa shape index (κ2) is 8.97. The number of rotatable bonds is 5. The third-order valence-electron chi connectivity index (χ3n) is 5.77. The second-order valence-electron chi connectivity index (χ2n) is 7.70. The van der Waals surface area contributed by atoms with E-state index in [1.807, 2.05) is 65.5 Å². The zero-order valence-corrected chi connectivity index (χ0v) is 19.8. The molecular formula is C28H19BrClFN2. The third kappa shape index (κ3) is 3.79. The molecule has 5 aromatic rings. The molecule has 0 unspecified atom stereocenters. The fourth-order valence-corrected chi connectivity index (χ4v) is 4.97. The molecule has 0 fully saturated rings. The normalized spacial score (nSPS) is 11.5. The van der Waals surface area contributed by atoms with Crippen molar-refractivity contribution in [3.8, 4) is 11.3 Å². The molecule has 1 heterocycles. The van der Waals surface area contributed by atoms with Crippen LogP contribution in [0.4, 0.5) is 4.39 Å². The van der Waals surface area contributed by atoms with Crippen molar-refractivity contribution in [2.24, 2.45) is 0 Å². The highest BCUT2D eigenvalue weighted by Gasteiger charge is 2.40. The minimum absolute atomic E-state index is 0.346. The molecule has 0 saturated carbocycles. The topological polar surface area (TPSA) is 17.8 Å². The van der Waals surface area contributed by atoms with E-state index in [0.29, 0.717) is 20.8 Å². The molecule has 5 rings (SSSR count). The lowest BCUT2D eigenvalue weighted by atomic mass is 9.77. The Morgan fingerprint density at radius 2 is 1.21 bits per heavy atom. The molecule has 0 radical (unpaired) electrons. The average Bonchev–Trinajstić information content (AvgIpc) is 3.23. The summed E-state index contributed by atoms with van der Waals surface area (Å²) < 4.78 is 17.4. The second-order valence-corrected chi connectivity index (χ2v) is 8.99. The van der Waals surface area contributed by atoms with E-state index >= 15 is 0 Å². The van der Waals surface area contributed by atoms with Crippen molar-refractivity contribution in [1.82, 2.24) is 9.78 Å². The van der Waals surface area contributed by atoms with Gasteiger partial charge in [0.05, 0.1) is 4.47 Å². The first-order chi connectivity index (χ1) is 16.1. The summed E-state index contributed by atoms with van der Waals surface area (Å²) in [6, 6.07) is 35.3. The Bertz CT molecular complexity index is 1290. The summed E-state index contributed by atoms with van der Waals surface area (Å²) in [4.78, 5) is 0. The molecule has 0 atom stereocenters. The lowest BCUT2D eigenvalue weighted by molar-refractivity contribution is 0.461. The SMILES string of the molecule is Fc1cc(Cl)ccc1-c1nn(C(c2ccccc2)(c2ccccc2)c2ccccc2)cc1Br. The van der Waals surface area contributed by atoms with Crippen molar-refractivity contribution in [2.45, 2.75) is 5.54 Å². The molecule has 2 nitrogen and oxygen atoms in total. The highest BCUT2D eigenvalue weighted by Crippen LogP contribution is 2.42. The fourth-order valence-electron chi connectivity index (χ4n) is 4.32. The molecule has 33 heavy (non-hydrogen) atoms. The van der Waals surface area contributed by atoms with Gasteiger partial charge in [-0.15, -0.1) is 0 Å². The molecule has 0 amide bonds. The van der Waals surface area contributed by atoms with Crippen LogP contribution in [0.1, 0.15) is 16.7 Å².